The van der Waals surface area contributed by atoms with Crippen molar-refractivity contribution in [3.8, 4) is 22.8 Å². The number of amides is 1. The molecule has 0 saturated heterocycles. The lowest BCUT2D eigenvalue weighted by atomic mass is 9.87. The summed E-state index contributed by atoms with van der Waals surface area (Å²) in [5, 5.41) is 16.2. The molecule has 7 nitrogen and oxygen atoms in total. The predicted molar refractivity (Wildman–Crippen MR) is 119 cm³/mol. The standard InChI is InChI=1S/C24H24N6O/c31-23(15-17-7-2-1-3-8-17)26-19-10-6-9-18(16-19)20-12-13-22-27-28-24(30(22)29-20)21-11-4-5-14-25-21/h4-6,9-14,16-17H,1-3,7-8,15H2,(H,26,31). The highest BCUT2D eigenvalue weighted by Crippen LogP contribution is 2.27. The minimum atomic E-state index is 0.0868. The van der Waals surface area contributed by atoms with Gasteiger partial charge in [0.2, 0.25) is 11.7 Å². The van der Waals surface area contributed by atoms with Crippen molar-refractivity contribution in [2.75, 3.05) is 5.32 Å². The minimum absolute atomic E-state index is 0.0868. The van der Waals surface area contributed by atoms with Crippen molar-refractivity contribution >= 4 is 17.2 Å². The third-order valence-corrected chi connectivity index (χ3v) is 5.80. The van der Waals surface area contributed by atoms with E-state index in [9.17, 15) is 4.79 Å². The largest absolute Gasteiger partial charge is 0.326 e. The number of carbonyl (C=O) groups is 1. The monoisotopic (exact) mass is 412 g/mol. The number of nitrogens with zero attached hydrogens (tertiary/aromatic N) is 5. The zero-order valence-corrected chi connectivity index (χ0v) is 17.2. The van der Waals surface area contributed by atoms with Crippen LogP contribution in [0, 0.1) is 5.92 Å². The highest BCUT2D eigenvalue weighted by atomic mass is 16.1. The number of hydrogen-bond donors (Lipinski definition) is 1. The fourth-order valence-electron chi connectivity index (χ4n) is 4.22. The van der Waals surface area contributed by atoms with Gasteiger partial charge in [0.05, 0.1) is 5.69 Å². The van der Waals surface area contributed by atoms with E-state index in [2.05, 4.69) is 20.5 Å². The third-order valence-electron chi connectivity index (χ3n) is 5.80. The normalized spacial score (nSPS) is 14.6. The van der Waals surface area contributed by atoms with Gasteiger partial charge in [0.25, 0.3) is 0 Å². The van der Waals surface area contributed by atoms with Gasteiger partial charge in [0, 0.05) is 23.9 Å². The van der Waals surface area contributed by atoms with Crippen LogP contribution in [0.15, 0.2) is 60.8 Å². The van der Waals surface area contributed by atoms with Gasteiger partial charge in [0.1, 0.15) is 5.69 Å². The summed E-state index contributed by atoms with van der Waals surface area (Å²) in [6.07, 6.45) is 8.43. The van der Waals surface area contributed by atoms with E-state index in [1.165, 1.54) is 19.3 Å². The number of hydrogen-bond acceptors (Lipinski definition) is 5. The van der Waals surface area contributed by atoms with Gasteiger partial charge in [-0.15, -0.1) is 10.2 Å². The summed E-state index contributed by atoms with van der Waals surface area (Å²) in [5.74, 6) is 1.19. The summed E-state index contributed by atoms with van der Waals surface area (Å²) < 4.78 is 1.70. The number of benzene rings is 1. The van der Waals surface area contributed by atoms with Crippen molar-refractivity contribution < 1.29 is 4.79 Å². The first-order chi connectivity index (χ1) is 15.3. The molecule has 1 N–H and O–H groups in total. The molecule has 1 aromatic carbocycles. The van der Waals surface area contributed by atoms with E-state index in [-0.39, 0.29) is 5.91 Å². The van der Waals surface area contributed by atoms with Crippen molar-refractivity contribution in [2.24, 2.45) is 5.92 Å². The van der Waals surface area contributed by atoms with Gasteiger partial charge in [-0.05, 0) is 55.2 Å². The second-order valence-electron chi connectivity index (χ2n) is 8.06. The van der Waals surface area contributed by atoms with Gasteiger partial charge in [-0.2, -0.15) is 9.61 Å². The summed E-state index contributed by atoms with van der Waals surface area (Å²) in [6.45, 7) is 0. The summed E-state index contributed by atoms with van der Waals surface area (Å²) in [5.41, 5.74) is 3.84. The van der Waals surface area contributed by atoms with Crippen LogP contribution in [0.2, 0.25) is 0 Å². The molecule has 0 spiro atoms. The number of pyridine rings is 1. The molecule has 1 aliphatic rings. The van der Waals surface area contributed by atoms with Crippen LogP contribution in [0.4, 0.5) is 5.69 Å². The molecule has 1 aliphatic carbocycles. The van der Waals surface area contributed by atoms with E-state index in [0.717, 1.165) is 29.8 Å². The summed E-state index contributed by atoms with van der Waals surface area (Å²) in [4.78, 5) is 16.9. The molecule has 3 aromatic heterocycles. The number of aromatic nitrogens is 5. The van der Waals surface area contributed by atoms with Crippen LogP contribution in [-0.2, 0) is 4.79 Å². The third kappa shape index (κ3) is 4.30. The predicted octanol–water partition coefficient (Wildman–Crippen LogP) is 4.76. The van der Waals surface area contributed by atoms with Crippen LogP contribution in [-0.4, -0.2) is 30.7 Å². The number of anilines is 1. The summed E-state index contributed by atoms with van der Waals surface area (Å²) in [7, 11) is 0. The van der Waals surface area contributed by atoms with Gasteiger partial charge in [-0.1, -0.05) is 37.5 Å². The lowest BCUT2D eigenvalue weighted by molar-refractivity contribution is -0.117. The molecule has 156 valence electrons. The Balaban J connectivity index is 1.38. The molecule has 1 amide bonds. The highest BCUT2D eigenvalue weighted by Gasteiger charge is 2.17. The van der Waals surface area contributed by atoms with Crippen LogP contribution in [0.5, 0.6) is 0 Å². The van der Waals surface area contributed by atoms with Crippen LogP contribution in [0.25, 0.3) is 28.4 Å². The van der Waals surface area contributed by atoms with Crippen molar-refractivity contribution in [1.82, 2.24) is 24.8 Å². The maximum atomic E-state index is 12.5. The Bertz CT molecular complexity index is 1200. The van der Waals surface area contributed by atoms with E-state index in [4.69, 9.17) is 5.10 Å². The zero-order chi connectivity index (χ0) is 21.0. The van der Waals surface area contributed by atoms with Crippen LogP contribution in [0.3, 0.4) is 0 Å². The smallest absolute Gasteiger partial charge is 0.224 e. The lowest BCUT2D eigenvalue weighted by Crippen LogP contribution is -2.18. The Morgan fingerprint density at radius 2 is 1.87 bits per heavy atom. The molecule has 7 heteroatoms. The maximum Gasteiger partial charge on any atom is 0.224 e. The molecule has 5 rings (SSSR count). The topological polar surface area (TPSA) is 85.1 Å². The van der Waals surface area contributed by atoms with E-state index in [0.29, 0.717) is 29.5 Å². The first-order valence-electron chi connectivity index (χ1n) is 10.8. The first-order valence-corrected chi connectivity index (χ1v) is 10.8. The average molecular weight is 412 g/mol. The van der Waals surface area contributed by atoms with Gasteiger partial charge in [-0.3, -0.25) is 9.78 Å². The first kappa shape index (κ1) is 19.4. The molecule has 1 fully saturated rings. The summed E-state index contributed by atoms with van der Waals surface area (Å²) in [6, 6.07) is 17.2. The molecule has 0 bridgehead atoms. The molecule has 1 saturated carbocycles. The number of nitrogens with one attached hydrogen (secondary N) is 1. The van der Waals surface area contributed by atoms with Crippen molar-refractivity contribution in [3.63, 3.8) is 0 Å². The lowest BCUT2D eigenvalue weighted by Gasteiger charge is -2.20. The van der Waals surface area contributed by atoms with Gasteiger partial charge in [-0.25, -0.2) is 0 Å². The van der Waals surface area contributed by atoms with Crippen LogP contribution < -0.4 is 5.32 Å². The molecule has 0 unspecified atom stereocenters. The SMILES string of the molecule is O=C(CC1CCCCC1)Nc1cccc(-c2ccc3nnc(-c4ccccn4)n3n2)c1. The molecular formula is C24H24N6O. The Kier molecular flexibility index (Phi) is 5.39. The molecular weight excluding hydrogens is 388 g/mol. The zero-order valence-electron chi connectivity index (χ0n) is 17.2. The fourth-order valence-corrected chi connectivity index (χ4v) is 4.22. The molecule has 0 radical (unpaired) electrons. The number of fused-ring (bicyclic) bond motifs is 1. The molecule has 3 heterocycles. The number of rotatable bonds is 5. The molecule has 0 atom stereocenters. The van der Waals surface area contributed by atoms with Gasteiger partial charge >= 0.3 is 0 Å². The Morgan fingerprint density at radius 3 is 2.71 bits per heavy atom. The van der Waals surface area contributed by atoms with E-state index >= 15 is 0 Å². The fraction of sp³-hybridized carbons (Fsp3) is 0.292. The Hall–Kier alpha value is -3.61. The van der Waals surface area contributed by atoms with Crippen LogP contribution >= 0.6 is 0 Å². The van der Waals surface area contributed by atoms with Crippen LogP contribution in [0.1, 0.15) is 38.5 Å². The van der Waals surface area contributed by atoms with Crippen molar-refractivity contribution in [2.45, 2.75) is 38.5 Å². The van der Waals surface area contributed by atoms with E-state index < -0.39 is 0 Å². The number of carbonyl (C=O) groups excluding carboxylic acids is 1. The van der Waals surface area contributed by atoms with E-state index in [1.807, 2.05) is 54.6 Å². The molecule has 0 aliphatic heterocycles. The quantitative estimate of drug-likeness (QED) is 0.511. The Morgan fingerprint density at radius 1 is 0.968 bits per heavy atom. The minimum Gasteiger partial charge on any atom is -0.326 e. The van der Waals surface area contributed by atoms with Gasteiger partial charge < -0.3 is 5.32 Å². The van der Waals surface area contributed by atoms with Gasteiger partial charge in [0.15, 0.2) is 5.65 Å². The molecule has 31 heavy (non-hydrogen) atoms. The van der Waals surface area contributed by atoms with Crippen molar-refractivity contribution in [3.05, 3.63) is 60.8 Å². The Labute approximate surface area is 180 Å². The second kappa shape index (κ2) is 8.63. The second-order valence-corrected chi connectivity index (χ2v) is 8.06. The summed E-state index contributed by atoms with van der Waals surface area (Å²) >= 11 is 0. The maximum absolute atomic E-state index is 12.5. The van der Waals surface area contributed by atoms with Crippen molar-refractivity contribution in [1.29, 1.82) is 0 Å². The average Bonchev–Trinajstić information content (AvgIpc) is 3.24. The highest BCUT2D eigenvalue weighted by molar-refractivity contribution is 5.91. The van der Waals surface area contributed by atoms with E-state index in [1.54, 1.807) is 10.7 Å². The molecule has 4 aromatic rings.